The highest BCUT2D eigenvalue weighted by molar-refractivity contribution is 5.65. The number of anilines is 1. The van der Waals surface area contributed by atoms with Gasteiger partial charge in [-0.25, -0.2) is 0 Å². The van der Waals surface area contributed by atoms with Crippen molar-refractivity contribution in [2.45, 2.75) is 26.9 Å². The van der Waals surface area contributed by atoms with E-state index in [2.05, 4.69) is 31.2 Å². The van der Waals surface area contributed by atoms with E-state index in [1.165, 1.54) is 11.1 Å². The highest BCUT2D eigenvalue weighted by Crippen LogP contribution is 2.22. The molecule has 0 saturated heterocycles. The molecule has 0 amide bonds. The van der Waals surface area contributed by atoms with Crippen molar-refractivity contribution in [2.75, 3.05) is 5.73 Å². The molecular weight excluding hydrogens is 246 g/mol. The molecule has 104 valence electrons. The Balaban J connectivity index is 2.01. The predicted octanol–water partition coefficient (Wildman–Crippen LogP) is 4.44. The van der Waals surface area contributed by atoms with Gasteiger partial charge in [-0.05, 0) is 42.2 Å². The van der Waals surface area contributed by atoms with Crippen LogP contribution in [0.4, 0.5) is 5.69 Å². The summed E-state index contributed by atoms with van der Waals surface area (Å²) in [6.45, 7) is 4.69. The van der Waals surface area contributed by atoms with Crippen LogP contribution in [0.3, 0.4) is 0 Å². The van der Waals surface area contributed by atoms with Gasteiger partial charge in [0.05, 0.1) is 0 Å². The molecule has 0 radical (unpaired) electrons. The standard InChI is InChI=1S/C18H21NO/c1-3-5-16-10-11-17(12-18(16)19)20-13-15-8-6-14(4-2)7-9-15/h3,5-12H,4,13,19H2,1-2H3/b5-3-. The highest BCUT2D eigenvalue weighted by Gasteiger charge is 2.00. The molecule has 0 spiro atoms. The van der Waals surface area contributed by atoms with Crippen LogP contribution >= 0.6 is 0 Å². The van der Waals surface area contributed by atoms with Gasteiger partial charge in [-0.3, -0.25) is 0 Å². The lowest BCUT2D eigenvalue weighted by molar-refractivity contribution is 0.306. The number of hydrogen-bond donors (Lipinski definition) is 1. The molecule has 2 heteroatoms. The van der Waals surface area contributed by atoms with Gasteiger partial charge in [-0.2, -0.15) is 0 Å². The summed E-state index contributed by atoms with van der Waals surface area (Å²) in [5, 5.41) is 0. The third kappa shape index (κ3) is 3.64. The fourth-order valence-electron chi connectivity index (χ4n) is 2.01. The van der Waals surface area contributed by atoms with Crippen LogP contribution in [0.2, 0.25) is 0 Å². The molecule has 2 rings (SSSR count). The zero-order valence-corrected chi connectivity index (χ0v) is 12.1. The Kier molecular flexibility index (Phi) is 4.83. The molecule has 0 aliphatic heterocycles. The van der Waals surface area contributed by atoms with Crippen LogP contribution in [0.15, 0.2) is 48.5 Å². The first-order valence-corrected chi connectivity index (χ1v) is 6.95. The summed E-state index contributed by atoms with van der Waals surface area (Å²) in [4.78, 5) is 0. The molecule has 20 heavy (non-hydrogen) atoms. The Labute approximate surface area is 120 Å². The molecule has 0 fully saturated rings. The first-order valence-electron chi connectivity index (χ1n) is 6.95. The largest absolute Gasteiger partial charge is 0.489 e. The van der Waals surface area contributed by atoms with Crippen LogP contribution in [0.1, 0.15) is 30.5 Å². The van der Waals surface area contributed by atoms with Crippen LogP contribution in [-0.2, 0) is 13.0 Å². The summed E-state index contributed by atoms with van der Waals surface area (Å²) in [5.41, 5.74) is 10.2. The van der Waals surface area contributed by atoms with Gasteiger partial charge in [0.25, 0.3) is 0 Å². The van der Waals surface area contributed by atoms with E-state index in [1.54, 1.807) is 0 Å². The molecule has 0 saturated carbocycles. The molecule has 0 bridgehead atoms. The van der Waals surface area contributed by atoms with Crippen molar-refractivity contribution in [1.29, 1.82) is 0 Å². The van der Waals surface area contributed by atoms with Gasteiger partial charge >= 0.3 is 0 Å². The maximum atomic E-state index is 5.98. The molecule has 0 atom stereocenters. The predicted molar refractivity (Wildman–Crippen MR) is 85.7 cm³/mol. The first-order chi connectivity index (χ1) is 9.72. The van der Waals surface area contributed by atoms with Gasteiger partial charge in [0.1, 0.15) is 12.4 Å². The number of benzene rings is 2. The summed E-state index contributed by atoms with van der Waals surface area (Å²) in [6.07, 6.45) is 5.02. The van der Waals surface area contributed by atoms with E-state index in [-0.39, 0.29) is 0 Å². The molecule has 2 nitrogen and oxygen atoms in total. The normalized spacial score (nSPS) is 10.9. The summed E-state index contributed by atoms with van der Waals surface area (Å²) in [6, 6.07) is 14.3. The summed E-state index contributed by atoms with van der Waals surface area (Å²) < 4.78 is 5.78. The smallest absolute Gasteiger partial charge is 0.121 e. The van der Waals surface area contributed by atoms with Gasteiger partial charge in [-0.15, -0.1) is 0 Å². The minimum atomic E-state index is 0.562. The van der Waals surface area contributed by atoms with Crippen LogP contribution in [0.25, 0.3) is 6.08 Å². The highest BCUT2D eigenvalue weighted by atomic mass is 16.5. The summed E-state index contributed by atoms with van der Waals surface area (Å²) in [5.74, 6) is 0.801. The second-order valence-corrected chi connectivity index (χ2v) is 4.75. The van der Waals surface area contributed by atoms with Crippen LogP contribution in [-0.4, -0.2) is 0 Å². The van der Waals surface area contributed by atoms with Gasteiger partial charge in [0, 0.05) is 11.8 Å². The maximum absolute atomic E-state index is 5.98. The third-order valence-electron chi connectivity index (χ3n) is 3.24. The topological polar surface area (TPSA) is 35.2 Å². The van der Waals surface area contributed by atoms with Gasteiger partial charge in [0.15, 0.2) is 0 Å². The van der Waals surface area contributed by atoms with Crippen molar-refractivity contribution in [3.05, 3.63) is 65.2 Å². The van der Waals surface area contributed by atoms with E-state index < -0.39 is 0 Å². The van der Waals surface area contributed by atoms with E-state index in [0.717, 1.165) is 23.4 Å². The minimum absolute atomic E-state index is 0.562. The molecule has 0 unspecified atom stereocenters. The lowest BCUT2D eigenvalue weighted by Gasteiger charge is -2.09. The number of ether oxygens (including phenoxy) is 1. The molecular formula is C18H21NO. The number of nitrogen functional groups attached to an aromatic ring is 1. The molecule has 2 N–H and O–H groups in total. The van der Waals surface area contributed by atoms with Crippen LogP contribution in [0.5, 0.6) is 5.75 Å². The molecule has 0 aliphatic carbocycles. The Morgan fingerprint density at radius 1 is 1.05 bits per heavy atom. The van der Waals surface area contributed by atoms with Crippen molar-refractivity contribution >= 4 is 11.8 Å². The maximum Gasteiger partial charge on any atom is 0.121 e. The van der Waals surface area contributed by atoms with Gasteiger partial charge in [0.2, 0.25) is 0 Å². The lowest BCUT2D eigenvalue weighted by Crippen LogP contribution is -1.97. The Hall–Kier alpha value is -2.22. The Morgan fingerprint density at radius 3 is 2.35 bits per heavy atom. The second kappa shape index (κ2) is 6.80. The van der Waals surface area contributed by atoms with E-state index >= 15 is 0 Å². The fraction of sp³-hybridized carbons (Fsp3) is 0.222. The Bertz CT molecular complexity index is 585. The van der Waals surface area contributed by atoms with E-state index in [4.69, 9.17) is 10.5 Å². The number of aryl methyl sites for hydroxylation is 1. The minimum Gasteiger partial charge on any atom is -0.489 e. The third-order valence-corrected chi connectivity index (χ3v) is 3.24. The van der Waals surface area contributed by atoms with Crippen LogP contribution < -0.4 is 10.5 Å². The van der Waals surface area contributed by atoms with Crippen molar-refractivity contribution < 1.29 is 4.74 Å². The molecule has 0 aromatic heterocycles. The first kappa shape index (κ1) is 14.2. The fourth-order valence-corrected chi connectivity index (χ4v) is 2.01. The van der Waals surface area contributed by atoms with E-state index in [0.29, 0.717) is 6.61 Å². The monoisotopic (exact) mass is 267 g/mol. The van der Waals surface area contributed by atoms with Crippen LogP contribution in [0, 0.1) is 0 Å². The summed E-state index contributed by atoms with van der Waals surface area (Å²) >= 11 is 0. The van der Waals surface area contributed by atoms with E-state index in [9.17, 15) is 0 Å². The quantitative estimate of drug-likeness (QED) is 0.813. The van der Waals surface area contributed by atoms with Crippen molar-refractivity contribution in [2.24, 2.45) is 0 Å². The SMILES string of the molecule is C/C=C\c1ccc(OCc2ccc(CC)cc2)cc1N. The molecule has 0 heterocycles. The molecule has 0 aliphatic rings. The number of nitrogens with two attached hydrogens (primary N) is 1. The van der Waals surface area contributed by atoms with E-state index in [1.807, 2.05) is 37.3 Å². The lowest BCUT2D eigenvalue weighted by atomic mass is 10.1. The Morgan fingerprint density at radius 2 is 1.75 bits per heavy atom. The zero-order chi connectivity index (χ0) is 14.4. The molecule has 2 aromatic carbocycles. The number of allylic oxidation sites excluding steroid dienone is 1. The molecule has 2 aromatic rings. The number of rotatable bonds is 5. The average molecular weight is 267 g/mol. The average Bonchev–Trinajstić information content (AvgIpc) is 2.48. The van der Waals surface area contributed by atoms with Gasteiger partial charge in [-0.1, -0.05) is 43.3 Å². The van der Waals surface area contributed by atoms with Crippen molar-refractivity contribution in [3.63, 3.8) is 0 Å². The van der Waals surface area contributed by atoms with Crippen molar-refractivity contribution in [3.8, 4) is 5.75 Å². The second-order valence-electron chi connectivity index (χ2n) is 4.75. The zero-order valence-electron chi connectivity index (χ0n) is 12.1. The van der Waals surface area contributed by atoms with Crippen molar-refractivity contribution in [1.82, 2.24) is 0 Å². The number of hydrogen-bond acceptors (Lipinski definition) is 2. The van der Waals surface area contributed by atoms with Gasteiger partial charge < -0.3 is 10.5 Å². The summed E-state index contributed by atoms with van der Waals surface area (Å²) in [7, 11) is 0.